The van der Waals surface area contributed by atoms with Crippen LogP contribution in [-0.2, 0) is 6.61 Å². The summed E-state index contributed by atoms with van der Waals surface area (Å²) in [6, 6.07) is 1.58. The number of hydrogen-bond acceptors (Lipinski definition) is 3. The fraction of sp³-hybridized carbons (Fsp3) is 0.250. The highest BCUT2D eigenvalue weighted by molar-refractivity contribution is 9.10. The van der Waals surface area contributed by atoms with Crippen molar-refractivity contribution in [2.75, 3.05) is 6.79 Å². The van der Waals surface area contributed by atoms with Crippen LogP contribution in [0.15, 0.2) is 10.5 Å². The molecule has 5 heteroatoms. The van der Waals surface area contributed by atoms with Crippen molar-refractivity contribution in [3.05, 3.63) is 21.9 Å². The van der Waals surface area contributed by atoms with Crippen molar-refractivity contribution >= 4 is 15.9 Å². The van der Waals surface area contributed by atoms with E-state index in [1.807, 2.05) is 0 Å². The van der Waals surface area contributed by atoms with Gasteiger partial charge in [0.15, 0.2) is 11.6 Å². The van der Waals surface area contributed by atoms with E-state index in [1.54, 1.807) is 6.07 Å². The van der Waals surface area contributed by atoms with Gasteiger partial charge in [-0.15, -0.1) is 0 Å². The maximum atomic E-state index is 13.4. The summed E-state index contributed by atoms with van der Waals surface area (Å²) >= 11 is 3.13. The van der Waals surface area contributed by atoms with Gasteiger partial charge in [0, 0.05) is 10.0 Å². The molecule has 0 aliphatic carbocycles. The Morgan fingerprint density at radius 2 is 2.31 bits per heavy atom. The van der Waals surface area contributed by atoms with Crippen molar-refractivity contribution < 1.29 is 19.0 Å². The summed E-state index contributed by atoms with van der Waals surface area (Å²) < 4.78 is 23.8. The van der Waals surface area contributed by atoms with Crippen LogP contribution in [0.5, 0.6) is 11.5 Å². The maximum Gasteiger partial charge on any atom is 0.231 e. The fourth-order valence-electron chi connectivity index (χ4n) is 1.16. The van der Waals surface area contributed by atoms with Crippen molar-refractivity contribution in [1.29, 1.82) is 0 Å². The zero-order chi connectivity index (χ0) is 9.42. The molecule has 1 aromatic carbocycles. The Morgan fingerprint density at radius 1 is 1.54 bits per heavy atom. The standard InChI is InChI=1S/C8H6BrFO3/c9-5-1-6-8(13-3-12-6)7(10)4(5)2-11/h1,11H,2-3H2. The van der Waals surface area contributed by atoms with Crippen LogP contribution in [0, 0.1) is 5.82 Å². The second-order valence-corrected chi connectivity index (χ2v) is 3.40. The third-order valence-electron chi connectivity index (χ3n) is 1.81. The van der Waals surface area contributed by atoms with Gasteiger partial charge in [-0.05, 0) is 6.07 Å². The summed E-state index contributed by atoms with van der Waals surface area (Å²) in [6.07, 6.45) is 0. The Kier molecular flexibility index (Phi) is 2.13. The van der Waals surface area contributed by atoms with E-state index in [2.05, 4.69) is 15.9 Å². The Bertz CT molecular complexity index is 350. The average molecular weight is 249 g/mol. The van der Waals surface area contributed by atoms with E-state index in [0.717, 1.165) is 0 Å². The lowest BCUT2D eigenvalue weighted by molar-refractivity contribution is 0.170. The molecule has 0 radical (unpaired) electrons. The summed E-state index contributed by atoms with van der Waals surface area (Å²) in [6.45, 7) is -0.351. The highest BCUT2D eigenvalue weighted by atomic mass is 79.9. The molecular weight excluding hydrogens is 243 g/mol. The van der Waals surface area contributed by atoms with Crippen LogP contribution in [-0.4, -0.2) is 11.9 Å². The number of hydrogen-bond donors (Lipinski definition) is 1. The molecule has 0 fully saturated rings. The van der Waals surface area contributed by atoms with E-state index < -0.39 is 5.82 Å². The van der Waals surface area contributed by atoms with Crippen molar-refractivity contribution in [3.63, 3.8) is 0 Å². The highest BCUT2D eigenvalue weighted by Crippen LogP contribution is 2.40. The first kappa shape index (κ1) is 8.77. The molecule has 1 aromatic rings. The van der Waals surface area contributed by atoms with Gasteiger partial charge in [-0.25, -0.2) is 4.39 Å². The van der Waals surface area contributed by atoms with Crippen LogP contribution in [0.1, 0.15) is 5.56 Å². The van der Waals surface area contributed by atoms with E-state index in [1.165, 1.54) is 0 Å². The fourth-order valence-corrected chi connectivity index (χ4v) is 1.66. The first-order valence-corrected chi connectivity index (χ1v) is 4.40. The Hall–Kier alpha value is -0.810. The summed E-state index contributed by atoms with van der Waals surface area (Å²) in [7, 11) is 0. The first-order valence-electron chi connectivity index (χ1n) is 3.61. The molecule has 0 amide bonds. The Labute approximate surface area is 82.2 Å². The molecule has 0 bridgehead atoms. The van der Waals surface area contributed by atoms with Gasteiger partial charge in [-0.2, -0.15) is 0 Å². The normalized spacial score (nSPS) is 13.5. The van der Waals surface area contributed by atoms with Crippen molar-refractivity contribution in [2.45, 2.75) is 6.61 Å². The van der Waals surface area contributed by atoms with Crippen LogP contribution in [0.4, 0.5) is 4.39 Å². The molecule has 1 aliphatic heterocycles. The minimum absolute atomic E-state index is 0.0214. The first-order chi connectivity index (χ1) is 6.24. The van der Waals surface area contributed by atoms with Crippen molar-refractivity contribution in [3.8, 4) is 11.5 Å². The molecule has 0 atom stereocenters. The number of benzene rings is 1. The molecule has 0 spiro atoms. The predicted octanol–water partition coefficient (Wildman–Crippen LogP) is 1.81. The number of halogens is 2. The van der Waals surface area contributed by atoms with Crippen LogP contribution in [0.3, 0.4) is 0 Å². The van der Waals surface area contributed by atoms with E-state index in [9.17, 15) is 4.39 Å². The minimum Gasteiger partial charge on any atom is -0.453 e. The van der Waals surface area contributed by atoms with Crippen molar-refractivity contribution in [1.82, 2.24) is 0 Å². The third kappa shape index (κ3) is 1.28. The smallest absolute Gasteiger partial charge is 0.231 e. The molecule has 0 saturated carbocycles. The summed E-state index contributed by atoms with van der Waals surface area (Å²) in [4.78, 5) is 0. The Morgan fingerprint density at radius 3 is 3.00 bits per heavy atom. The number of fused-ring (bicyclic) bond motifs is 1. The Balaban J connectivity index is 2.62. The van der Waals surface area contributed by atoms with Crippen LogP contribution in [0.25, 0.3) is 0 Å². The maximum absolute atomic E-state index is 13.4. The molecule has 1 heterocycles. The monoisotopic (exact) mass is 248 g/mol. The van der Waals surface area contributed by atoms with Gasteiger partial charge in [0.05, 0.1) is 6.61 Å². The van der Waals surface area contributed by atoms with Gasteiger partial charge < -0.3 is 14.6 Å². The number of rotatable bonds is 1. The van der Waals surface area contributed by atoms with Gasteiger partial charge >= 0.3 is 0 Å². The van der Waals surface area contributed by atoms with Crippen LogP contribution < -0.4 is 9.47 Å². The molecule has 2 rings (SSSR count). The van der Waals surface area contributed by atoms with E-state index in [4.69, 9.17) is 14.6 Å². The third-order valence-corrected chi connectivity index (χ3v) is 2.52. The van der Waals surface area contributed by atoms with Gasteiger partial charge in [-0.1, -0.05) is 15.9 Å². The summed E-state index contributed by atoms with van der Waals surface area (Å²) in [5, 5.41) is 8.86. The van der Waals surface area contributed by atoms with E-state index in [-0.39, 0.29) is 24.7 Å². The molecule has 70 valence electrons. The van der Waals surface area contributed by atoms with Crippen LogP contribution in [0.2, 0.25) is 0 Å². The van der Waals surface area contributed by atoms with Crippen LogP contribution >= 0.6 is 15.9 Å². The second kappa shape index (κ2) is 3.16. The molecule has 0 unspecified atom stereocenters. The zero-order valence-corrected chi connectivity index (χ0v) is 8.10. The lowest BCUT2D eigenvalue weighted by Crippen LogP contribution is -1.95. The van der Waals surface area contributed by atoms with Gasteiger partial charge in [0.2, 0.25) is 12.5 Å². The lowest BCUT2D eigenvalue weighted by atomic mass is 10.2. The summed E-state index contributed by atoms with van der Waals surface area (Å²) in [5.74, 6) is -0.127. The topological polar surface area (TPSA) is 38.7 Å². The van der Waals surface area contributed by atoms with Gasteiger partial charge in [0.25, 0.3) is 0 Å². The second-order valence-electron chi connectivity index (χ2n) is 2.54. The molecule has 1 N–H and O–H groups in total. The number of aliphatic hydroxyl groups excluding tert-OH is 1. The summed E-state index contributed by atoms with van der Waals surface area (Å²) in [5.41, 5.74) is 0.184. The molecular formula is C8H6BrFO3. The molecule has 0 saturated heterocycles. The van der Waals surface area contributed by atoms with E-state index in [0.29, 0.717) is 10.2 Å². The lowest BCUT2D eigenvalue weighted by Gasteiger charge is -2.05. The molecule has 3 nitrogen and oxygen atoms in total. The molecule has 1 aliphatic rings. The van der Waals surface area contributed by atoms with Gasteiger partial charge in [0.1, 0.15) is 0 Å². The highest BCUT2D eigenvalue weighted by Gasteiger charge is 2.23. The largest absolute Gasteiger partial charge is 0.453 e. The zero-order valence-electron chi connectivity index (χ0n) is 6.51. The number of ether oxygens (including phenoxy) is 2. The van der Waals surface area contributed by atoms with Crippen molar-refractivity contribution in [2.24, 2.45) is 0 Å². The van der Waals surface area contributed by atoms with Gasteiger partial charge in [-0.3, -0.25) is 0 Å². The molecule has 0 aromatic heterocycles. The predicted molar refractivity (Wildman–Crippen MR) is 46.1 cm³/mol. The van der Waals surface area contributed by atoms with E-state index >= 15 is 0 Å². The molecule has 13 heavy (non-hydrogen) atoms. The SMILES string of the molecule is OCc1c(Br)cc2c(c1F)OCO2. The average Bonchev–Trinajstić information content (AvgIpc) is 2.53. The number of aliphatic hydroxyl groups is 1. The minimum atomic E-state index is -0.565. The quantitative estimate of drug-likeness (QED) is 0.824.